The third kappa shape index (κ3) is 4.38. The number of amides is 1. The summed E-state index contributed by atoms with van der Waals surface area (Å²) in [6, 6.07) is -0.209. The fourth-order valence-electron chi connectivity index (χ4n) is 1.50. The maximum Gasteiger partial charge on any atom is 0.406 e. The Morgan fingerprint density at radius 3 is 2.44 bits per heavy atom. The Morgan fingerprint density at radius 2 is 2.06 bits per heavy atom. The van der Waals surface area contributed by atoms with Crippen LogP contribution in [0.3, 0.4) is 0 Å². The van der Waals surface area contributed by atoms with Crippen LogP contribution in [0.4, 0.5) is 13.2 Å². The summed E-state index contributed by atoms with van der Waals surface area (Å²) in [5.41, 5.74) is 5.35. The summed E-state index contributed by atoms with van der Waals surface area (Å²) in [7, 11) is 0. The molecule has 1 saturated carbocycles. The lowest BCUT2D eigenvalue weighted by molar-refractivity contribution is -0.162. The number of nitrogens with zero attached hydrogens (tertiary/aromatic N) is 1. The standard InChI is InChI=1S/C10H17F3N2O/c1-7(5-14)4-9(16)15(8-2-3-8)6-10(11,12)13/h7-8H,2-6,14H2,1H3. The molecule has 2 N–H and O–H groups in total. The van der Waals surface area contributed by atoms with E-state index in [2.05, 4.69) is 0 Å². The molecule has 0 aromatic rings. The van der Waals surface area contributed by atoms with E-state index in [9.17, 15) is 18.0 Å². The Bertz CT molecular complexity index is 251. The average Bonchev–Trinajstić information content (AvgIpc) is 2.95. The molecule has 6 heteroatoms. The molecule has 1 rings (SSSR count). The Labute approximate surface area is 92.8 Å². The van der Waals surface area contributed by atoms with Gasteiger partial charge in [0.25, 0.3) is 0 Å². The van der Waals surface area contributed by atoms with E-state index in [1.54, 1.807) is 6.92 Å². The molecule has 1 amide bonds. The summed E-state index contributed by atoms with van der Waals surface area (Å²) in [5, 5.41) is 0. The number of nitrogens with two attached hydrogens (primary N) is 1. The molecule has 0 aromatic carbocycles. The van der Waals surface area contributed by atoms with Crippen molar-refractivity contribution in [3.8, 4) is 0 Å². The molecule has 1 aliphatic rings. The molecule has 0 aliphatic heterocycles. The first kappa shape index (κ1) is 13.3. The van der Waals surface area contributed by atoms with Gasteiger partial charge in [0, 0.05) is 12.5 Å². The van der Waals surface area contributed by atoms with E-state index in [1.165, 1.54) is 0 Å². The van der Waals surface area contributed by atoms with Crippen molar-refractivity contribution in [1.29, 1.82) is 0 Å². The first-order valence-corrected chi connectivity index (χ1v) is 5.39. The minimum atomic E-state index is -4.32. The molecule has 1 atom stereocenters. The normalized spacial score (nSPS) is 18.3. The third-order valence-electron chi connectivity index (χ3n) is 2.58. The van der Waals surface area contributed by atoms with Crippen molar-refractivity contribution in [2.45, 2.75) is 38.4 Å². The van der Waals surface area contributed by atoms with Crippen LogP contribution in [0, 0.1) is 5.92 Å². The van der Waals surface area contributed by atoms with Gasteiger partial charge in [-0.2, -0.15) is 13.2 Å². The molecule has 1 aliphatic carbocycles. The van der Waals surface area contributed by atoms with Gasteiger partial charge in [-0.05, 0) is 25.3 Å². The van der Waals surface area contributed by atoms with Crippen LogP contribution < -0.4 is 5.73 Å². The monoisotopic (exact) mass is 238 g/mol. The highest BCUT2D eigenvalue weighted by Gasteiger charge is 2.40. The van der Waals surface area contributed by atoms with Crippen LogP contribution in [0.25, 0.3) is 0 Å². The lowest BCUT2D eigenvalue weighted by Crippen LogP contribution is -2.41. The van der Waals surface area contributed by atoms with Crippen LogP contribution in [0.5, 0.6) is 0 Å². The third-order valence-corrected chi connectivity index (χ3v) is 2.58. The van der Waals surface area contributed by atoms with Crippen molar-refractivity contribution in [3.05, 3.63) is 0 Å². The van der Waals surface area contributed by atoms with Crippen LogP contribution in [-0.4, -0.2) is 36.1 Å². The fourth-order valence-corrected chi connectivity index (χ4v) is 1.50. The van der Waals surface area contributed by atoms with Crippen molar-refractivity contribution in [3.63, 3.8) is 0 Å². The van der Waals surface area contributed by atoms with E-state index >= 15 is 0 Å². The van der Waals surface area contributed by atoms with Gasteiger partial charge < -0.3 is 10.6 Å². The van der Waals surface area contributed by atoms with Gasteiger partial charge in [0.2, 0.25) is 5.91 Å². The molecular weight excluding hydrogens is 221 g/mol. The summed E-state index contributed by atoms with van der Waals surface area (Å²) in [6.45, 7) is 0.945. The second-order valence-corrected chi connectivity index (χ2v) is 4.41. The predicted molar refractivity (Wildman–Crippen MR) is 53.6 cm³/mol. The Hall–Kier alpha value is -0.780. The molecule has 0 spiro atoms. The number of hydrogen-bond acceptors (Lipinski definition) is 2. The zero-order valence-electron chi connectivity index (χ0n) is 9.26. The quantitative estimate of drug-likeness (QED) is 0.789. The van der Waals surface area contributed by atoms with Gasteiger partial charge in [-0.3, -0.25) is 4.79 Å². The van der Waals surface area contributed by atoms with Crippen molar-refractivity contribution >= 4 is 5.91 Å². The second kappa shape index (κ2) is 5.03. The summed E-state index contributed by atoms with van der Waals surface area (Å²) < 4.78 is 36.8. The van der Waals surface area contributed by atoms with E-state index in [0.29, 0.717) is 19.4 Å². The zero-order chi connectivity index (χ0) is 12.3. The van der Waals surface area contributed by atoms with E-state index in [4.69, 9.17) is 5.73 Å². The van der Waals surface area contributed by atoms with Crippen molar-refractivity contribution < 1.29 is 18.0 Å². The number of alkyl halides is 3. The highest BCUT2D eigenvalue weighted by atomic mass is 19.4. The molecule has 3 nitrogen and oxygen atoms in total. The van der Waals surface area contributed by atoms with Gasteiger partial charge in [-0.25, -0.2) is 0 Å². The molecule has 0 aromatic heterocycles. The number of carbonyl (C=O) groups excluding carboxylic acids is 1. The fraction of sp³-hybridized carbons (Fsp3) is 0.900. The van der Waals surface area contributed by atoms with Gasteiger partial charge >= 0.3 is 6.18 Å². The topological polar surface area (TPSA) is 46.3 Å². The minimum absolute atomic E-state index is 0.0676. The van der Waals surface area contributed by atoms with Crippen LogP contribution in [0.1, 0.15) is 26.2 Å². The van der Waals surface area contributed by atoms with Crippen molar-refractivity contribution in [2.75, 3.05) is 13.1 Å². The Kier molecular flexibility index (Phi) is 4.18. The van der Waals surface area contributed by atoms with Crippen LogP contribution in [0.15, 0.2) is 0 Å². The van der Waals surface area contributed by atoms with Gasteiger partial charge in [0.1, 0.15) is 6.54 Å². The van der Waals surface area contributed by atoms with Crippen molar-refractivity contribution in [1.82, 2.24) is 4.90 Å². The van der Waals surface area contributed by atoms with Crippen molar-refractivity contribution in [2.24, 2.45) is 11.7 Å². The SMILES string of the molecule is CC(CN)CC(=O)N(CC(F)(F)F)C1CC1. The highest BCUT2D eigenvalue weighted by molar-refractivity contribution is 5.77. The number of hydrogen-bond donors (Lipinski definition) is 1. The zero-order valence-corrected chi connectivity index (χ0v) is 9.26. The maximum atomic E-state index is 12.3. The Balaban J connectivity index is 2.53. The molecule has 0 heterocycles. The summed E-state index contributed by atoms with van der Waals surface area (Å²) >= 11 is 0. The summed E-state index contributed by atoms with van der Waals surface area (Å²) in [6.07, 6.45) is -2.86. The van der Waals surface area contributed by atoms with Gasteiger partial charge in [-0.1, -0.05) is 6.92 Å². The van der Waals surface area contributed by atoms with Crippen LogP contribution in [-0.2, 0) is 4.79 Å². The number of rotatable bonds is 5. The van der Waals surface area contributed by atoms with E-state index in [-0.39, 0.29) is 18.4 Å². The van der Waals surface area contributed by atoms with E-state index < -0.39 is 18.6 Å². The summed E-state index contributed by atoms with van der Waals surface area (Å²) in [4.78, 5) is 12.6. The maximum absolute atomic E-state index is 12.3. The largest absolute Gasteiger partial charge is 0.406 e. The van der Waals surface area contributed by atoms with Gasteiger partial charge in [0.15, 0.2) is 0 Å². The van der Waals surface area contributed by atoms with Crippen LogP contribution >= 0.6 is 0 Å². The molecule has 0 bridgehead atoms. The average molecular weight is 238 g/mol. The predicted octanol–water partition coefficient (Wildman–Crippen LogP) is 1.52. The smallest absolute Gasteiger partial charge is 0.331 e. The van der Waals surface area contributed by atoms with Gasteiger partial charge in [0.05, 0.1) is 0 Å². The van der Waals surface area contributed by atoms with E-state index in [0.717, 1.165) is 4.90 Å². The lowest BCUT2D eigenvalue weighted by Gasteiger charge is -2.24. The lowest BCUT2D eigenvalue weighted by atomic mass is 10.1. The van der Waals surface area contributed by atoms with Gasteiger partial charge in [-0.15, -0.1) is 0 Å². The molecule has 1 unspecified atom stereocenters. The first-order valence-electron chi connectivity index (χ1n) is 5.39. The second-order valence-electron chi connectivity index (χ2n) is 4.41. The molecule has 1 fully saturated rings. The van der Waals surface area contributed by atoms with Crippen LogP contribution in [0.2, 0.25) is 0 Å². The molecule has 0 radical (unpaired) electrons. The van der Waals surface area contributed by atoms with E-state index in [1.807, 2.05) is 0 Å². The molecule has 0 saturated heterocycles. The number of halogens is 3. The number of carbonyl (C=O) groups is 1. The minimum Gasteiger partial charge on any atom is -0.331 e. The summed E-state index contributed by atoms with van der Waals surface area (Å²) in [5.74, 6) is -0.500. The first-order chi connectivity index (χ1) is 7.33. The molecule has 94 valence electrons. The molecule has 16 heavy (non-hydrogen) atoms. The Morgan fingerprint density at radius 1 is 1.50 bits per heavy atom. The highest BCUT2D eigenvalue weighted by Crippen LogP contribution is 2.31. The molecular formula is C10H17F3N2O.